The lowest BCUT2D eigenvalue weighted by Gasteiger charge is -2.28. The summed E-state index contributed by atoms with van der Waals surface area (Å²) in [5, 5.41) is 12.1. The van der Waals surface area contributed by atoms with E-state index in [9.17, 15) is 14.3 Å². The number of amides is 2. The molecule has 1 aromatic rings. The monoisotopic (exact) mass is 346 g/mol. The largest absolute Gasteiger partial charge is 0.392 e. The first kappa shape index (κ1) is 16.9. The maximum absolute atomic E-state index is 13.2. The standard InChI is InChI=1S/C14H20BrFN2O2/c1-9(2)18(8-10(3)19)14(20)17-7-11-6-12(16)4-5-13(11)15/h4-6,9-10,19H,7-8H2,1-3H3,(H,17,20). The fourth-order valence-electron chi connectivity index (χ4n) is 1.76. The molecule has 1 aromatic carbocycles. The van der Waals surface area contributed by atoms with E-state index in [-0.39, 0.29) is 31.0 Å². The molecule has 0 aliphatic rings. The Bertz CT molecular complexity index is 466. The molecule has 0 bridgehead atoms. The molecule has 0 aromatic heterocycles. The van der Waals surface area contributed by atoms with Gasteiger partial charge in [-0.05, 0) is 44.5 Å². The van der Waals surface area contributed by atoms with Gasteiger partial charge in [-0.2, -0.15) is 0 Å². The van der Waals surface area contributed by atoms with Gasteiger partial charge in [0.15, 0.2) is 0 Å². The fourth-order valence-corrected chi connectivity index (χ4v) is 2.15. The average molecular weight is 347 g/mol. The van der Waals surface area contributed by atoms with Gasteiger partial charge in [0.25, 0.3) is 0 Å². The van der Waals surface area contributed by atoms with Crippen LogP contribution in [0.2, 0.25) is 0 Å². The smallest absolute Gasteiger partial charge is 0.317 e. The molecule has 0 spiro atoms. The number of nitrogens with zero attached hydrogens (tertiary/aromatic N) is 1. The first-order valence-electron chi connectivity index (χ1n) is 6.47. The Morgan fingerprint density at radius 3 is 2.65 bits per heavy atom. The van der Waals surface area contributed by atoms with Crippen molar-refractivity contribution in [3.05, 3.63) is 34.1 Å². The van der Waals surface area contributed by atoms with Gasteiger partial charge in [0.2, 0.25) is 0 Å². The van der Waals surface area contributed by atoms with E-state index in [0.29, 0.717) is 5.56 Å². The number of carbonyl (C=O) groups excluding carboxylic acids is 1. The molecule has 112 valence electrons. The molecular weight excluding hydrogens is 327 g/mol. The molecule has 2 N–H and O–H groups in total. The Morgan fingerprint density at radius 2 is 2.10 bits per heavy atom. The Balaban J connectivity index is 2.67. The number of rotatable bonds is 5. The Morgan fingerprint density at radius 1 is 1.45 bits per heavy atom. The van der Waals surface area contributed by atoms with Gasteiger partial charge in [-0.25, -0.2) is 9.18 Å². The molecule has 2 amide bonds. The number of carbonyl (C=O) groups is 1. The van der Waals surface area contributed by atoms with Crippen molar-refractivity contribution in [3.8, 4) is 0 Å². The number of hydrogen-bond acceptors (Lipinski definition) is 2. The summed E-state index contributed by atoms with van der Waals surface area (Å²) in [6.45, 7) is 5.86. The highest BCUT2D eigenvalue weighted by atomic mass is 79.9. The van der Waals surface area contributed by atoms with E-state index in [0.717, 1.165) is 4.47 Å². The molecule has 0 fully saturated rings. The van der Waals surface area contributed by atoms with E-state index < -0.39 is 6.10 Å². The number of urea groups is 1. The molecule has 0 heterocycles. The molecule has 20 heavy (non-hydrogen) atoms. The molecule has 1 unspecified atom stereocenters. The van der Waals surface area contributed by atoms with Crippen molar-refractivity contribution < 1.29 is 14.3 Å². The van der Waals surface area contributed by atoms with Crippen LogP contribution < -0.4 is 5.32 Å². The molecule has 0 saturated heterocycles. The molecule has 0 aliphatic carbocycles. The van der Waals surface area contributed by atoms with Gasteiger partial charge in [-0.3, -0.25) is 0 Å². The summed E-state index contributed by atoms with van der Waals surface area (Å²) in [7, 11) is 0. The lowest BCUT2D eigenvalue weighted by Crippen LogP contribution is -2.46. The molecule has 1 rings (SSSR count). The fraction of sp³-hybridized carbons (Fsp3) is 0.500. The highest BCUT2D eigenvalue weighted by Crippen LogP contribution is 2.17. The lowest BCUT2D eigenvalue weighted by molar-refractivity contribution is 0.118. The van der Waals surface area contributed by atoms with Gasteiger partial charge < -0.3 is 15.3 Å². The van der Waals surface area contributed by atoms with Crippen molar-refractivity contribution in [1.82, 2.24) is 10.2 Å². The highest BCUT2D eigenvalue weighted by Gasteiger charge is 2.18. The van der Waals surface area contributed by atoms with E-state index in [4.69, 9.17) is 0 Å². The van der Waals surface area contributed by atoms with Crippen LogP contribution in [0.25, 0.3) is 0 Å². The summed E-state index contributed by atoms with van der Waals surface area (Å²) < 4.78 is 13.9. The van der Waals surface area contributed by atoms with Crippen LogP contribution in [0.4, 0.5) is 9.18 Å². The van der Waals surface area contributed by atoms with Crippen LogP contribution in [0.15, 0.2) is 22.7 Å². The van der Waals surface area contributed by atoms with Crippen LogP contribution in [0.3, 0.4) is 0 Å². The van der Waals surface area contributed by atoms with E-state index >= 15 is 0 Å². The number of benzene rings is 1. The summed E-state index contributed by atoms with van der Waals surface area (Å²) >= 11 is 3.32. The van der Waals surface area contributed by atoms with Crippen molar-refractivity contribution in [2.24, 2.45) is 0 Å². The van der Waals surface area contributed by atoms with Crippen LogP contribution in [-0.2, 0) is 6.54 Å². The zero-order chi connectivity index (χ0) is 15.3. The molecule has 0 aliphatic heterocycles. The molecular formula is C14H20BrFN2O2. The summed E-state index contributed by atoms with van der Waals surface area (Å²) in [5.74, 6) is -0.345. The van der Waals surface area contributed by atoms with E-state index in [1.165, 1.54) is 17.0 Å². The van der Waals surface area contributed by atoms with Crippen molar-refractivity contribution in [3.63, 3.8) is 0 Å². The van der Waals surface area contributed by atoms with Crippen molar-refractivity contribution in [2.75, 3.05) is 6.54 Å². The van der Waals surface area contributed by atoms with Gasteiger partial charge in [0.1, 0.15) is 5.82 Å². The van der Waals surface area contributed by atoms with Gasteiger partial charge >= 0.3 is 6.03 Å². The Hall–Kier alpha value is -1.14. The van der Waals surface area contributed by atoms with Crippen LogP contribution in [0.5, 0.6) is 0 Å². The van der Waals surface area contributed by atoms with Crippen LogP contribution in [0.1, 0.15) is 26.3 Å². The van der Waals surface area contributed by atoms with Gasteiger partial charge in [0, 0.05) is 23.6 Å². The minimum absolute atomic E-state index is 0.0273. The third-order valence-corrected chi connectivity index (χ3v) is 3.56. The quantitative estimate of drug-likeness (QED) is 0.861. The second-order valence-electron chi connectivity index (χ2n) is 4.99. The summed E-state index contributed by atoms with van der Waals surface area (Å²) in [5.41, 5.74) is 0.666. The molecule has 0 saturated carbocycles. The minimum atomic E-state index is -0.593. The summed E-state index contributed by atoms with van der Waals surface area (Å²) in [6, 6.07) is 4.02. The molecule has 6 heteroatoms. The maximum Gasteiger partial charge on any atom is 0.317 e. The highest BCUT2D eigenvalue weighted by molar-refractivity contribution is 9.10. The van der Waals surface area contributed by atoms with Crippen molar-refractivity contribution >= 4 is 22.0 Å². The van der Waals surface area contributed by atoms with E-state index in [1.54, 1.807) is 13.0 Å². The minimum Gasteiger partial charge on any atom is -0.392 e. The number of halogens is 2. The second kappa shape index (κ2) is 7.59. The molecule has 1 atom stereocenters. The van der Waals surface area contributed by atoms with E-state index in [2.05, 4.69) is 21.2 Å². The third kappa shape index (κ3) is 5.09. The number of aliphatic hydroxyl groups is 1. The van der Waals surface area contributed by atoms with Crippen molar-refractivity contribution in [2.45, 2.75) is 39.5 Å². The van der Waals surface area contributed by atoms with Gasteiger partial charge in [-0.15, -0.1) is 0 Å². The van der Waals surface area contributed by atoms with Gasteiger partial charge in [-0.1, -0.05) is 15.9 Å². The topological polar surface area (TPSA) is 52.6 Å². The third-order valence-electron chi connectivity index (χ3n) is 2.78. The van der Waals surface area contributed by atoms with Crippen LogP contribution in [-0.4, -0.2) is 34.7 Å². The van der Waals surface area contributed by atoms with E-state index in [1.807, 2.05) is 13.8 Å². The number of aliphatic hydroxyl groups excluding tert-OH is 1. The Kier molecular flexibility index (Phi) is 6.42. The normalized spacial score (nSPS) is 12.3. The number of nitrogens with one attached hydrogen (secondary N) is 1. The first-order chi connectivity index (χ1) is 9.31. The average Bonchev–Trinajstić information content (AvgIpc) is 2.36. The number of hydrogen-bond donors (Lipinski definition) is 2. The van der Waals surface area contributed by atoms with Crippen molar-refractivity contribution in [1.29, 1.82) is 0 Å². The summed E-state index contributed by atoms with van der Waals surface area (Å²) in [6.07, 6.45) is -0.593. The van der Waals surface area contributed by atoms with Crippen LogP contribution in [0, 0.1) is 5.82 Å². The molecule has 0 radical (unpaired) electrons. The second-order valence-corrected chi connectivity index (χ2v) is 5.84. The zero-order valence-corrected chi connectivity index (χ0v) is 13.4. The van der Waals surface area contributed by atoms with Gasteiger partial charge in [0.05, 0.1) is 6.10 Å². The first-order valence-corrected chi connectivity index (χ1v) is 7.27. The van der Waals surface area contributed by atoms with Crippen LogP contribution >= 0.6 is 15.9 Å². The SMILES string of the molecule is CC(O)CN(C(=O)NCc1cc(F)ccc1Br)C(C)C. The zero-order valence-electron chi connectivity index (χ0n) is 11.9. The Labute approximate surface area is 127 Å². The molecule has 4 nitrogen and oxygen atoms in total. The predicted molar refractivity (Wildman–Crippen MR) is 79.9 cm³/mol. The maximum atomic E-state index is 13.2. The summed E-state index contributed by atoms with van der Waals surface area (Å²) in [4.78, 5) is 13.6. The lowest BCUT2D eigenvalue weighted by atomic mass is 10.2. The predicted octanol–water partition coefficient (Wildman–Crippen LogP) is 2.89.